The molecule has 0 spiro atoms. The maximum atomic E-state index is 11.6. The van der Waals surface area contributed by atoms with E-state index in [1.807, 2.05) is 6.92 Å². The van der Waals surface area contributed by atoms with Crippen molar-refractivity contribution in [2.75, 3.05) is 12.3 Å². The second kappa shape index (κ2) is 5.06. The summed E-state index contributed by atoms with van der Waals surface area (Å²) in [7, 11) is 0. The maximum Gasteiger partial charge on any atom is 0.251 e. The first-order chi connectivity index (χ1) is 7.15. The molecule has 78 valence electrons. The van der Waals surface area contributed by atoms with Crippen LogP contribution in [0, 0.1) is 19.3 Å². The molecule has 3 heteroatoms. The molecule has 0 saturated carbocycles. The number of hydrogen-bond donors (Lipinski definition) is 2. The van der Waals surface area contributed by atoms with Gasteiger partial charge in [-0.1, -0.05) is 0 Å². The molecule has 1 rings (SSSR count). The quantitative estimate of drug-likeness (QED) is 0.441. The van der Waals surface area contributed by atoms with E-state index in [4.69, 9.17) is 12.2 Å². The van der Waals surface area contributed by atoms with Crippen LogP contribution in [0.3, 0.4) is 0 Å². The van der Waals surface area contributed by atoms with Crippen LogP contribution in [-0.2, 0) is 0 Å². The Morgan fingerprint density at radius 2 is 2.33 bits per heavy atom. The maximum absolute atomic E-state index is 11.6. The average Bonchev–Trinajstić information content (AvgIpc) is 2.22. The van der Waals surface area contributed by atoms with E-state index < -0.39 is 0 Å². The van der Waals surface area contributed by atoms with Gasteiger partial charge in [0.2, 0.25) is 0 Å². The van der Waals surface area contributed by atoms with Crippen molar-refractivity contribution in [3.8, 4) is 12.3 Å². The van der Waals surface area contributed by atoms with Crippen molar-refractivity contribution in [1.82, 2.24) is 5.32 Å². The molecule has 1 amide bonds. The second-order valence-corrected chi connectivity index (χ2v) is 3.28. The van der Waals surface area contributed by atoms with Crippen molar-refractivity contribution in [1.29, 1.82) is 0 Å². The van der Waals surface area contributed by atoms with Crippen LogP contribution in [0.4, 0.5) is 5.69 Å². The summed E-state index contributed by atoms with van der Waals surface area (Å²) in [5.41, 5.74) is 7.85. The van der Waals surface area contributed by atoms with Gasteiger partial charge in [-0.2, -0.15) is 0 Å². The third kappa shape index (κ3) is 3.03. The van der Waals surface area contributed by atoms with Crippen molar-refractivity contribution in [2.45, 2.75) is 13.3 Å². The van der Waals surface area contributed by atoms with Crippen molar-refractivity contribution in [3.05, 3.63) is 29.3 Å². The van der Waals surface area contributed by atoms with Gasteiger partial charge in [-0.25, -0.2) is 0 Å². The lowest BCUT2D eigenvalue weighted by Gasteiger charge is -2.05. The van der Waals surface area contributed by atoms with Crippen LogP contribution in [0.2, 0.25) is 0 Å². The number of nitrogens with one attached hydrogen (secondary N) is 1. The van der Waals surface area contributed by atoms with Gasteiger partial charge in [0.05, 0.1) is 0 Å². The van der Waals surface area contributed by atoms with Crippen LogP contribution in [-0.4, -0.2) is 12.5 Å². The largest absolute Gasteiger partial charge is 0.399 e. The highest BCUT2D eigenvalue weighted by Crippen LogP contribution is 2.12. The summed E-state index contributed by atoms with van der Waals surface area (Å²) in [4.78, 5) is 11.6. The lowest BCUT2D eigenvalue weighted by Crippen LogP contribution is -2.24. The lowest BCUT2D eigenvalue weighted by molar-refractivity contribution is 0.0954. The highest BCUT2D eigenvalue weighted by Gasteiger charge is 2.05. The van der Waals surface area contributed by atoms with Crippen molar-refractivity contribution in [2.24, 2.45) is 0 Å². The third-order valence-electron chi connectivity index (χ3n) is 2.09. The Bertz CT molecular complexity index is 405. The minimum absolute atomic E-state index is 0.117. The van der Waals surface area contributed by atoms with Crippen molar-refractivity contribution < 1.29 is 4.79 Å². The molecule has 0 aliphatic rings. The van der Waals surface area contributed by atoms with Crippen LogP contribution in [0.1, 0.15) is 22.3 Å². The molecule has 0 heterocycles. The van der Waals surface area contributed by atoms with E-state index >= 15 is 0 Å². The molecule has 0 aliphatic heterocycles. The lowest BCUT2D eigenvalue weighted by atomic mass is 10.1. The van der Waals surface area contributed by atoms with Gasteiger partial charge in [0.25, 0.3) is 5.91 Å². The Labute approximate surface area is 89.7 Å². The van der Waals surface area contributed by atoms with Gasteiger partial charge in [0, 0.05) is 24.2 Å². The van der Waals surface area contributed by atoms with E-state index in [-0.39, 0.29) is 5.91 Å². The van der Waals surface area contributed by atoms with E-state index in [1.54, 1.807) is 18.2 Å². The number of rotatable bonds is 3. The van der Waals surface area contributed by atoms with Gasteiger partial charge in [0.15, 0.2) is 0 Å². The fourth-order valence-corrected chi connectivity index (χ4v) is 1.17. The standard InChI is InChI=1S/C12H14N2O/c1-3-4-7-14-12(15)10-5-6-11(13)9(2)8-10/h1,5-6,8H,4,7,13H2,2H3,(H,14,15). The van der Waals surface area contributed by atoms with Crippen LogP contribution < -0.4 is 11.1 Å². The number of hydrogen-bond acceptors (Lipinski definition) is 2. The number of nitrogens with two attached hydrogens (primary N) is 1. The molecule has 0 unspecified atom stereocenters. The zero-order valence-corrected chi connectivity index (χ0v) is 8.71. The number of anilines is 1. The summed E-state index contributed by atoms with van der Waals surface area (Å²) in [6, 6.07) is 5.19. The third-order valence-corrected chi connectivity index (χ3v) is 2.09. The molecule has 0 saturated heterocycles. The average molecular weight is 202 g/mol. The molecule has 0 fully saturated rings. The molecule has 0 aromatic heterocycles. The van der Waals surface area contributed by atoms with Gasteiger partial charge in [-0.05, 0) is 30.7 Å². The number of carbonyl (C=O) groups excluding carboxylic acids is 1. The fraction of sp³-hybridized carbons (Fsp3) is 0.250. The molecule has 0 bridgehead atoms. The first-order valence-electron chi connectivity index (χ1n) is 4.73. The monoisotopic (exact) mass is 202 g/mol. The van der Waals surface area contributed by atoms with Gasteiger partial charge in [-0.3, -0.25) is 4.79 Å². The summed E-state index contributed by atoms with van der Waals surface area (Å²) >= 11 is 0. The van der Waals surface area contributed by atoms with Crippen LogP contribution >= 0.6 is 0 Å². The second-order valence-electron chi connectivity index (χ2n) is 3.28. The summed E-state index contributed by atoms with van der Waals surface area (Å²) in [5, 5.41) is 2.72. The topological polar surface area (TPSA) is 55.1 Å². The predicted octanol–water partition coefficient (Wildman–Crippen LogP) is 1.33. The van der Waals surface area contributed by atoms with Crippen LogP contribution in [0.15, 0.2) is 18.2 Å². The molecule has 0 atom stereocenters. The fourth-order valence-electron chi connectivity index (χ4n) is 1.17. The molecule has 15 heavy (non-hydrogen) atoms. The first-order valence-corrected chi connectivity index (χ1v) is 4.73. The minimum atomic E-state index is -0.117. The zero-order valence-electron chi connectivity index (χ0n) is 8.71. The molecule has 3 nitrogen and oxygen atoms in total. The predicted molar refractivity (Wildman–Crippen MR) is 61.4 cm³/mol. The number of benzene rings is 1. The van der Waals surface area contributed by atoms with Gasteiger partial charge < -0.3 is 11.1 Å². The molecule has 1 aromatic rings. The molecular formula is C12H14N2O. The molecule has 0 aliphatic carbocycles. The number of aryl methyl sites for hydroxylation is 1. The molecule has 0 radical (unpaired) electrons. The summed E-state index contributed by atoms with van der Waals surface area (Å²) in [6.45, 7) is 2.37. The number of terminal acetylenes is 1. The Balaban J connectivity index is 2.67. The highest BCUT2D eigenvalue weighted by atomic mass is 16.1. The van der Waals surface area contributed by atoms with E-state index in [0.29, 0.717) is 24.2 Å². The van der Waals surface area contributed by atoms with E-state index in [0.717, 1.165) is 5.56 Å². The Morgan fingerprint density at radius 1 is 1.60 bits per heavy atom. The number of amides is 1. The Hall–Kier alpha value is -1.95. The summed E-state index contributed by atoms with van der Waals surface area (Å²) in [5.74, 6) is 2.34. The molecular weight excluding hydrogens is 188 g/mol. The highest BCUT2D eigenvalue weighted by molar-refractivity contribution is 5.94. The molecule has 3 N–H and O–H groups in total. The van der Waals surface area contributed by atoms with Crippen molar-refractivity contribution in [3.63, 3.8) is 0 Å². The SMILES string of the molecule is C#CCCNC(=O)c1ccc(N)c(C)c1. The molecule has 1 aromatic carbocycles. The van der Waals surface area contributed by atoms with Gasteiger partial charge in [0.1, 0.15) is 0 Å². The van der Waals surface area contributed by atoms with E-state index in [1.165, 1.54) is 0 Å². The zero-order chi connectivity index (χ0) is 11.3. The van der Waals surface area contributed by atoms with Gasteiger partial charge >= 0.3 is 0 Å². The van der Waals surface area contributed by atoms with Crippen LogP contribution in [0.5, 0.6) is 0 Å². The van der Waals surface area contributed by atoms with E-state index in [2.05, 4.69) is 11.2 Å². The number of carbonyl (C=O) groups is 1. The Morgan fingerprint density at radius 3 is 2.93 bits per heavy atom. The minimum Gasteiger partial charge on any atom is -0.399 e. The van der Waals surface area contributed by atoms with Crippen LogP contribution in [0.25, 0.3) is 0 Å². The first kappa shape index (κ1) is 11.1. The summed E-state index contributed by atoms with van der Waals surface area (Å²) < 4.78 is 0. The smallest absolute Gasteiger partial charge is 0.251 e. The summed E-state index contributed by atoms with van der Waals surface area (Å²) in [6.07, 6.45) is 5.62. The number of nitrogen functional groups attached to an aromatic ring is 1. The normalized spacial score (nSPS) is 9.33. The Kier molecular flexibility index (Phi) is 3.75. The van der Waals surface area contributed by atoms with E-state index in [9.17, 15) is 4.79 Å². The van der Waals surface area contributed by atoms with Crippen molar-refractivity contribution >= 4 is 11.6 Å². The van der Waals surface area contributed by atoms with Gasteiger partial charge in [-0.15, -0.1) is 12.3 Å².